The second-order valence-electron chi connectivity index (χ2n) is 4.15. The maximum Gasteiger partial charge on any atom is 0.255 e. The number of anilines is 2. The largest absolute Gasteiger partial charge is 0.396 e. The molecule has 3 N–H and O–H groups in total. The van der Waals surface area contributed by atoms with Crippen molar-refractivity contribution < 1.29 is 9.18 Å². The smallest absolute Gasteiger partial charge is 0.255 e. The fraction of sp³-hybridized carbons (Fsp3) is 0.0714. The minimum absolute atomic E-state index is 0.00919. The van der Waals surface area contributed by atoms with Crippen LogP contribution in [0.2, 0.25) is 5.02 Å². The molecule has 0 aliphatic rings. The Morgan fingerprint density at radius 1 is 1.26 bits per heavy atom. The Hall–Kier alpha value is -2.07. The highest BCUT2D eigenvalue weighted by atomic mass is 35.5. The fourth-order valence-electron chi connectivity index (χ4n) is 1.54. The average Bonchev–Trinajstić information content (AvgIpc) is 2.37. The van der Waals surface area contributed by atoms with Gasteiger partial charge in [-0.15, -0.1) is 0 Å². The number of benzene rings is 2. The lowest BCUT2D eigenvalue weighted by Crippen LogP contribution is -2.12. The number of hydrogen-bond acceptors (Lipinski definition) is 2. The Bertz CT molecular complexity index is 643. The van der Waals surface area contributed by atoms with Crippen LogP contribution < -0.4 is 11.1 Å². The van der Waals surface area contributed by atoms with Gasteiger partial charge in [0.05, 0.1) is 5.69 Å². The summed E-state index contributed by atoms with van der Waals surface area (Å²) < 4.78 is 13.3. The molecule has 0 spiro atoms. The molecule has 0 atom stereocenters. The first-order valence-corrected chi connectivity index (χ1v) is 5.97. The summed E-state index contributed by atoms with van der Waals surface area (Å²) in [6.45, 7) is 1.86. The van der Waals surface area contributed by atoms with Crippen LogP contribution in [0.15, 0.2) is 36.4 Å². The van der Waals surface area contributed by atoms with Gasteiger partial charge < -0.3 is 11.1 Å². The quantitative estimate of drug-likeness (QED) is 0.824. The van der Waals surface area contributed by atoms with Gasteiger partial charge in [-0.2, -0.15) is 0 Å². The molecule has 0 aromatic heterocycles. The summed E-state index contributed by atoms with van der Waals surface area (Å²) in [4.78, 5) is 11.9. The third-order valence-corrected chi connectivity index (χ3v) is 3.10. The first kappa shape index (κ1) is 13.4. The number of nitrogen functional groups attached to an aromatic ring is 1. The molecule has 3 nitrogen and oxygen atoms in total. The monoisotopic (exact) mass is 278 g/mol. The van der Waals surface area contributed by atoms with Crippen LogP contribution in [-0.2, 0) is 0 Å². The van der Waals surface area contributed by atoms with Crippen LogP contribution in [-0.4, -0.2) is 5.91 Å². The Morgan fingerprint density at radius 3 is 2.63 bits per heavy atom. The molecule has 1 amide bonds. The van der Waals surface area contributed by atoms with Crippen molar-refractivity contribution in [2.24, 2.45) is 0 Å². The van der Waals surface area contributed by atoms with Gasteiger partial charge in [0, 0.05) is 16.3 Å². The topological polar surface area (TPSA) is 55.1 Å². The van der Waals surface area contributed by atoms with E-state index in [2.05, 4.69) is 5.32 Å². The van der Waals surface area contributed by atoms with E-state index in [0.717, 1.165) is 11.6 Å². The van der Waals surface area contributed by atoms with Crippen LogP contribution in [0.25, 0.3) is 0 Å². The first-order valence-electron chi connectivity index (χ1n) is 5.60. The van der Waals surface area contributed by atoms with Gasteiger partial charge in [-0.3, -0.25) is 4.79 Å². The van der Waals surface area contributed by atoms with Crippen molar-refractivity contribution >= 4 is 28.9 Å². The van der Waals surface area contributed by atoms with E-state index < -0.39 is 11.7 Å². The highest BCUT2D eigenvalue weighted by Gasteiger charge is 2.09. The van der Waals surface area contributed by atoms with Crippen molar-refractivity contribution in [1.29, 1.82) is 0 Å². The summed E-state index contributed by atoms with van der Waals surface area (Å²) in [7, 11) is 0. The molecular weight excluding hydrogens is 267 g/mol. The summed E-state index contributed by atoms with van der Waals surface area (Å²) >= 11 is 5.96. The van der Waals surface area contributed by atoms with Crippen LogP contribution in [0.1, 0.15) is 15.9 Å². The highest BCUT2D eigenvalue weighted by molar-refractivity contribution is 6.31. The summed E-state index contributed by atoms with van der Waals surface area (Å²) in [6, 6.07) is 9.08. The van der Waals surface area contributed by atoms with Crippen LogP contribution in [0.5, 0.6) is 0 Å². The van der Waals surface area contributed by atoms with Crippen molar-refractivity contribution in [2.75, 3.05) is 11.1 Å². The summed E-state index contributed by atoms with van der Waals surface area (Å²) in [5.74, 6) is -1.03. The van der Waals surface area contributed by atoms with Gasteiger partial charge in [-0.05, 0) is 42.8 Å². The number of amides is 1. The molecule has 0 saturated heterocycles. The predicted molar refractivity (Wildman–Crippen MR) is 75.0 cm³/mol. The second kappa shape index (κ2) is 5.28. The maximum absolute atomic E-state index is 13.3. The van der Waals surface area contributed by atoms with E-state index in [1.54, 1.807) is 18.2 Å². The number of carbonyl (C=O) groups is 1. The van der Waals surface area contributed by atoms with Gasteiger partial charge in [0.25, 0.3) is 5.91 Å². The van der Waals surface area contributed by atoms with E-state index in [1.165, 1.54) is 12.1 Å². The Kier molecular flexibility index (Phi) is 3.71. The van der Waals surface area contributed by atoms with Gasteiger partial charge in [0.1, 0.15) is 5.82 Å². The summed E-state index contributed by atoms with van der Waals surface area (Å²) in [5.41, 5.74) is 7.03. The standard InChI is InChI=1S/C14H12ClFN2O/c1-8-2-4-10(7-11(8)15)18-14(19)9-3-5-13(17)12(16)6-9/h2-7H,17H2,1H3,(H,18,19). The maximum atomic E-state index is 13.3. The van der Waals surface area contributed by atoms with E-state index in [-0.39, 0.29) is 11.3 Å². The molecule has 0 heterocycles. The number of hydrogen-bond donors (Lipinski definition) is 2. The number of nitrogens with one attached hydrogen (secondary N) is 1. The van der Waals surface area contributed by atoms with E-state index in [4.69, 9.17) is 17.3 Å². The first-order chi connectivity index (χ1) is 8.97. The lowest BCUT2D eigenvalue weighted by atomic mass is 10.1. The predicted octanol–water partition coefficient (Wildman–Crippen LogP) is 3.62. The molecule has 98 valence electrons. The molecule has 0 unspecified atom stereocenters. The number of halogens is 2. The van der Waals surface area contributed by atoms with Crippen molar-refractivity contribution in [1.82, 2.24) is 0 Å². The van der Waals surface area contributed by atoms with Crippen LogP contribution >= 0.6 is 11.6 Å². The molecule has 2 rings (SSSR count). The molecule has 2 aromatic carbocycles. The molecule has 0 saturated carbocycles. The lowest BCUT2D eigenvalue weighted by molar-refractivity contribution is 0.102. The van der Waals surface area contributed by atoms with E-state index >= 15 is 0 Å². The highest BCUT2D eigenvalue weighted by Crippen LogP contribution is 2.21. The van der Waals surface area contributed by atoms with E-state index in [1.807, 2.05) is 6.92 Å². The molecule has 0 radical (unpaired) electrons. The Labute approximate surface area is 115 Å². The molecule has 0 aliphatic carbocycles. The molecule has 2 aromatic rings. The zero-order valence-corrected chi connectivity index (χ0v) is 11.0. The zero-order valence-electron chi connectivity index (χ0n) is 10.2. The van der Waals surface area contributed by atoms with E-state index in [0.29, 0.717) is 10.7 Å². The van der Waals surface area contributed by atoms with Gasteiger partial charge in [-0.25, -0.2) is 4.39 Å². The van der Waals surface area contributed by atoms with Crippen LogP contribution in [0, 0.1) is 12.7 Å². The van der Waals surface area contributed by atoms with Gasteiger partial charge in [0.2, 0.25) is 0 Å². The van der Waals surface area contributed by atoms with E-state index in [9.17, 15) is 9.18 Å². The van der Waals surface area contributed by atoms with Gasteiger partial charge in [0.15, 0.2) is 0 Å². The molecule has 0 fully saturated rings. The number of nitrogens with two attached hydrogens (primary N) is 1. The molecule has 5 heteroatoms. The average molecular weight is 279 g/mol. The zero-order chi connectivity index (χ0) is 14.0. The minimum atomic E-state index is -0.616. The minimum Gasteiger partial charge on any atom is -0.396 e. The third-order valence-electron chi connectivity index (χ3n) is 2.69. The second-order valence-corrected chi connectivity index (χ2v) is 4.56. The third kappa shape index (κ3) is 3.03. The molecule has 0 bridgehead atoms. The Morgan fingerprint density at radius 2 is 2.00 bits per heavy atom. The molecule has 0 aliphatic heterocycles. The van der Waals surface area contributed by atoms with Gasteiger partial charge in [-0.1, -0.05) is 17.7 Å². The number of rotatable bonds is 2. The van der Waals surface area contributed by atoms with Crippen molar-refractivity contribution in [2.45, 2.75) is 6.92 Å². The Balaban J connectivity index is 2.20. The lowest BCUT2D eigenvalue weighted by Gasteiger charge is -2.07. The molecular formula is C14H12ClFN2O. The normalized spacial score (nSPS) is 10.3. The number of aryl methyl sites for hydroxylation is 1. The summed E-state index contributed by atoms with van der Waals surface area (Å²) in [6.07, 6.45) is 0. The SMILES string of the molecule is Cc1ccc(NC(=O)c2ccc(N)c(F)c2)cc1Cl. The van der Waals surface area contributed by atoms with Crippen LogP contribution in [0.3, 0.4) is 0 Å². The van der Waals surface area contributed by atoms with Crippen molar-refractivity contribution in [3.8, 4) is 0 Å². The van der Waals surface area contributed by atoms with Crippen LogP contribution in [0.4, 0.5) is 15.8 Å². The van der Waals surface area contributed by atoms with Gasteiger partial charge >= 0.3 is 0 Å². The fourth-order valence-corrected chi connectivity index (χ4v) is 1.72. The number of carbonyl (C=O) groups excluding carboxylic acids is 1. The molecule has 19 heavy (non-hydrogen) atoms. The van der Waals surface area contributed by atoms with Crippen molar-refractivity contribution in [3.05, 3.63) is 58.4 Å². The summed E-state index contributed by atoms with van der Waals surface area (Å²) in [5, 5.41) is 3.20. The van der Waals surface area contributed by atoms with Crippen molar-refractivity contribution in [3.63, 3.8) is 0 Å².